The molecule has 1 heterocycles. The summed E-state index contributed by atoms with van der Waals surface area (Å²) in [5.74, 6) is 1.24. The van der Waals surface area contributed by atoms with E-state index >= 15 is 0 Å². The summed E-state index contributed by atoms with van der Waals surface area (Å²) in [5.41, 5.74) is 0.390. The number of pyridine rings is 1. The zero-order chi connectivity index (χ0) is 20.4. The van der Waals surface area contributed by atoms with Gasteiger partial charge in [-0.2, -0.15) is 0 Å². The molecule has 152 valence electrons. The van der Waals surface area contributed by atoms with Crippen molar-refractivity contribution >= 4 is 40.3 Å². The normalized spacial score (nSPS) is 16.0. The smallest absolute Gasteiger partial charge is 0.407 e. The SMILES string of the molecule is CC(C)(C)NC(=O)O[C@H](Cc1cc(OCC2CC2)c(Cl)nc1I)C(C)(C)C. The highest BCUT2D eigenvalue weighted by Gasteiger charge is 2.31. The lowest BCUT2D eigenvalue weighted by molar-refractivity contribution is 0.0281. The lowest BCUT2D eigenvalue weighted by atomic mass is 9.85. The third kappa shape index (κ3) is 7.64. The molecule has 0 radical (unpaired) electrons. The minimum atomic E-state index is -0.412. The molecule has 0 bridgehead atoms. The Morgan fingerprint density at radius 2 is 1.96 bits per heavy atom. The highest BCUT2D eigenvalue weighted by molar-refractivity contribution is 14.1. The highest BCUT2D eigenvalue weighted by Crippen LogP contribution is 2.34. The molecule has 27 heavy (non-hydrogen) atoms. The Balaban J connectivity index is 2.15. The minimum Gasteiger partial charge on any atom is -0.490 e. The molecule has 1 aromatic heterocycles. The van der Waals surface area contributed by atoms with Crippen molar-refractivity contribution in [1.29, 1.82) is 0 Å². The third-order valence-electron chi connectivity index (χ3n) is 4.24. The molecular formula is C20H30ClIN2O3. The number of ether oxygens (including phenoxy) is 2. The van der Waals surface area contributed by atoms with Gasteiger partial charge in [0.2, 0.25) is 0 Å². The predicted octanol–water partition coefficient (Wildman–Crippen LogP) is 5.61. The number of carbonyl (C=O) groups is 1. The monoisotopic (exact) mass is 508 g/mol. The predicted molar refractivity (Wildman–Crippen MR) is 116 cm³/mol. The van der Waals surface area contributed by atoms with E-state index in [1.54, 1.807) is 0 Å². The van der Waals surface area contributed by atoms with Gasteiger partial charge < -0.3 is 14.8 Å². The van der Waals surface area contributed by atoms with Crippen molar-refractivity contribution in [2.75, 3.05) is 6.61 Å². The van der Waals surface area contributed by atoms with Crippen molar-refractivity contribution in [1.82, 2.24) is 10.3 Å². The second kappa shape index (κ2) is 8.72. The van der Waals surface area contributed by atoms with Crippen molar-refractivity contribution < 1.29 is 14.3 Å². The minimum absolute atomic E-state index is 0.229. The topological polar surface area (TPSA) is 60.5 Å². The van der Waals surface area contributed by atoms with Gasteiger partial charge in [0.25, 0.3) is 0 Å². The number of nitrogens with zero attached hydrogens (tertiary/aromatic N) is 1. The van der Waals surface area contributed by atoms with Gasteiger partial charge in [0.15, 0.2) is 10.9 Å². The summed E-state index contributed by atoms with van der Waals surface area (Å²) in [5, 5.41) is 3.24. The summed E-state index contributed by atoms with van der Waals surface area (Å²) in [4.78, 5) is 16.7. The molecule has 0 unspecified atom stereocenters. The molecule has 1 saturated carbocycles. The van der Waals surface area contributed by atoms with E-state index in [1.807, 2.05) is 26.8 Å². The average molecular weight is 509 g/mol. The van der Waals surface area contributed by atoms with E-state index in [0.29, 0.717) is 29.8 Å². The second-order valence-electron chi connectivity index (χ2n) is 9.32. The van der Waals surface area contributed by atoms with Gasteiger partial charge in [-0.3, -0.25) is 0 Å². The van der Waals surface area contributed by atoms with Crippen LogP contribution in [0.25, 0.3) is 0 Å². The zero-order valence-electron chi connectivity index (χ0n) is 17.0. The Morgan fingerprint density at radius 1 is 1.33 bits per heavy atom. The van der Waals surface area contributed by atoms with Gasteiger partial charge in [-0.05, 0) is 79.2 Å². The van der Waals surface area contributed by atoms with Crippen LogP contribution < -0.4 is 10.1 Å². The molecule has 1 aromatic rings. The molecule has 1 amide bonds. The van der Waals surface area contributed by atoms with Gasteiger partial charge in [0.1, 0.15) is 9.80 Å². The summed E-state index contributed by atoms with van der Waals surface area (Å²) in [6.07, 6.45) is 2.25. The van der Waals surface area contributed by atoms with Crippen LogP contribution in [0, 0.1) is 15.0 Å². The molecule has 1 fully saturated rings. The van der Waals surface area contributed by atoms with E-state index < -0.39 is 6.09 Å². The summed E-state index contributed by atoms with van der Waals surface area (Å²) in [6.45, 7) is 12.6. The van der Waals surface area contributed by atoms with E-state index in [2.05, 4.69) is 53.7 Å². The number of hydrogen-bond acceptors (Lipinski definition) is 4. The average Bonchev–Trinajstić information content (AvgIpc) is 3.29. The fourth-order valence-corrected chi connectivity index (χ4v) is 3.37. The van der Waals surface area contributed by atoms with Crippen LogP contribution in [0.3, 0.4) is 0 Å². The molecular weight excluding hydrogens is 479 g/mol. The molecule has 1 aliphatic rings. The van der Waals surface area contributed by atoms with Crippen LogP contribution in [0.4, 0.5) is 4.79 Å². The van der Waals surface area contributed by atoms with Crippen LogP contribution >= 0.6 is 34.2 Å². The maximum Gasteiger partial charge on any atom is 0.407 e. The first-order valence-corrected chi connectivity index (χ1v) is 10.8. The van der Waals surface area contributed by atoms with Crippen LogP contribution in [0.1, 0.15) is 59.9 Å². The van der Waals surface area contributed by atoms with Crippen molar-refractivity contribution in [3.8, 4) is 5.75 Å². The van der Waals surface area contributed by atoms with Gasteiger partial charge in [0, 0.05) is 12.0 Å². The Morgan fingerprint density at radius 3 is 2.48 bits per heavy atom. The van der Waals surface area contributed by atoms with Crippen molar-refractivity contribution in [2.45, 2.75) is 72.4 Å². The molecule has 0 saturated heterocycles. The van der Waals surface area contributed by atoms with E-state index in [1.165, 1.54) is 12.8 Å². The first-order chi connectivity index (χ1) is 12.3. The Hall–Kier alpha value is -0.760. The fourth-order valence-electron chi connectivity index (χ4n) is 2.42. The van der Waals surface area contributed by atoms with Gasteiger partial charge in [-0.25, -0.2) is 9.78 Å². The Labute approximate surface area is 181 Å². The van der Waals surface area contributed by atoms with E-state index in [0.717, 1.165) is 9.26 Å². The highest BCUT2D eigenvalue weighted by atomic mass is 127. The number of carbonyl (C=O) groups excluding carboxylic acids is 1. The maximum absolute atomic E-state index is 12.3. The fraction of sp³-hybridized carbons (Fsp3) is 0.700. The molecule has 0 spiro atoms. The number of hydrogen-bond donors (Lipinski definition) is 1. The number of aromatic nitrogens is 1. The third-order valence-corrected chi connectivity index (χ3v) is 5.44. The van der Waals surface area contributed by atoms with Crippen LogP contribution in [0.2, 0.25) is 5.15 Å². The number of rotatable bonds is 6. The molecule has 5 nitrogen and oxygen atoms in total. The summed E-state index contributed by atoms with van der Waals surface area (Å²) >= 11 is 8.42. The molecule has 0 aliphatic heterocycles. The van der Waals surface area contributed by atoms with Crippen LogP contribution in [-0.2, 0) is 11.2 Å². The summed E-state index contributed by atoms with van der Waals surface area (Å²) in [6, 6.07) is 1.93. The van der Waals surface area contributed by atoms with Crippen LogP contribution in [0.15, 0.2) is 6.07 Å². The van der Waals surface area contributed by atoms with Gasteiger partial charge >= 0.3 is 6.09 Å². The van der Waals surface area contributed by atoms with E-state index in [9.17, 15) is 4.79 Å². The Bertz CT molecular complexity index is 679. The van der Waals surface area contributed by atoms with E-state index in [4.69, 9.17) is 21.1 Å². The first kappa shape index (κ1) is 22.5. The molecule has 2 rings (SSSR count). The lowest BCUT2D eigenvalue weighted by Crippen LogP contribution is -2.45. The van der Waals surface area contributed by atoms with E-state index in [-0.39, 0.29) is 17.1 Å². The number of halogens is 2. The maximum atomic E-state index is 12.3. The molecule has 1 aliphatic carbocycles. The summed E-state index contributed by atoms with van der Waals surface area (Å²) in [7, 11) is 0. The number of amides is 1. The molecule has 0 aromatic carbocycles. The van der Waals surface area contributed by atoms with Gasteiger partial charge in [-0.1, -0.05) is 32.4 Å². The van der Waals surface area contributed by atoms with Gasteiger partial charge in [0.05, 0.1) is 6.61 Å². The van der Waals surface area contributed by atoms with Crippen molar-refractivity contribution in [3.05, 3.63) is 20.5 Å². The van der Waals surface area contributed by atoms with Crippen LogP contribution in [-0.4, -0.2) is 29.3 Å². The lowest BCUT2D eigenvalue weighted by Gasteiger charge is -2.32. The number of nitrogens with one attached hydrogen (secondary N) is 1. The van der Waals surface area contributed by atoms with Crippen molar-refractivity contribution in [3.63, 3.8) is 0 Å². The summed E-state index contributed by atoms with van der Waals surface area (Å²) < 4.78 is 12.4. The first-order valence-electron chi connectivity index (χ1n) is 9.31. The molecule has 1 N–H and O–H groups in total. The molecule has 1 atom stereocenters. The Kier molecular flexibility index (Phi) is 7.28. The largest absolute Gasteiger partial charge is 0.490 e. The quantitative estimate of drug-likeness (QED) is 0.401. The zero-order valence-corrected chi connectivity index (χ0v) is 19.9. The molecule has 7 heteroatoms. The second-order valence-corrected chi connectivity index (χ2v) is 10.7. The van der Waals surface area contributed by atoms with Gasteiger partial charge in [-0.15, -0.1) is 0 Å². The van der Waals surface area contributed by atoms with Crippen molar-refractivity contribution in [2.24, 2.45) is 11.3 Å². The standard InChI is InChI=1S/C20H30ClIN2O3/c1-19(2,3)15(27-18(25)24-20(4,5)6)10-13-9-14(16(21)23-17(13)22)26-11-12-7-8-12/h9,12,15H,7-8,10-11H2,1-6H3,(H,24,25)/t15-/m1/s1. The number of alkyl carbamates (subject to hydrolysis) is 1. The van der Waals surface area contributed by atoms with Crippen LogP contribution in [0.5, 0.6) is 5.75 Å².